The maximum absolute atomic E-state index is 13.0. The van der Waals surface area contributed by atoms with E-state index in [1.54, 1.807) is 0 Å². The summed E-state index contributed by atoms with van der Waals surface area (Å²) in [7, 11) is 1.31. The van der Waals surface area contributed by atoms with Gasteiger partial charge in [0.05, 0.1) is 6.42 Å². The van der Waals surface area contributed by atoms with Crippen molar-refractivity contribution in [3.8, 4) is 0 Å². The van der Waals surface area contributed by atoms with E-state index in [1.807, 2.05) is 5.32 Å². The summed E-state index contributed by atoms with van der Waals surface area (Å²) in [5.74, 6) is -3.37. The van der Waals surface area contributed by atoms with Gasteiger partial charge >= 0.3 is 18.0 Å². The Balaban J connectivity index is 2.78. The highest BCUT2D eigenvalue weighted by Gasteiger charge is 2.24. The van der Waals surface area contributed by atoms with E-state index in [-0.39, 0.29) is 5.69 Å². The molecule has 20 heavy (non-hydrogen) atoms. The molecule has 108 valence electrons. The fraction of sp³-hybridized carbons (Fsp3) is 0.250. The predicted octanol–water partition coefficient (Wildman–Crippen LogP) is 0.899. The normalized spacial score (nSPS) is 11.5. The van der Waals surface area contributed by atoms with E-state index in [9.17, 15) is 18.8 Å². The molecule has 0 aliphatic carbocycles. The number of carboxylic acids is 2. The maximum atomic E-state index is 13.0. The first kappa shape index (κ1) is 15.4. The van der Waals surface area contributed by atoms with Crippen LogP contribution in [0.3, 0.4) is 0 Å². The lowest BCUT2D eigenvalue weighted by Gasteiger charge is -2.20. The number of carbonyl (C=O) groups is 3. The van der Waals surface area contributed by atoms with Gasteiger partial charge in [-0.2, -0.15) is 0 Å². The Labute approximate surface area is 113 Å². The van der Waals surface area contributed by atoms with E-state index in [4.69, 9.17) is 10.2 Å². The van der Waals surface area contributed by atoms with E-state index in [0.717, 1.165) is 11.0 Å². The van der Waals surface area contributed by atoms with Crippen LogP contribution in [0.5, 0.6) is 0 Å². The van der Waals surface area contributed by atoms with Crippen molar-refractivity contribution in [2.45, 2.75) is 12.5 Å². The summed E-state index contributed by atoms with van der Waals surface area (Å²) in [6.45, 7) is 0. The van der Waals surface area contributed by atoms with Crippen molar-refractivity contribution in [2.24, 2.45) is 0 Å². The number of anilines is 1. The Bertz CT molecular complexity index is 534. The van der Waals surface area contributed by atoms with Crippen LogP contribution < -0.4 is 10.2 Å². The van der Waals surface area contributed by atoms with Gasteiger partial charge in [-0.25, -0.2) is 14.0 Å². The van der Waals surface area contributed by atoms with Crippen LogP contribution in [-0.2, 0) is 9.59 Å². The molecule has 0 saturated heterocycles. The number of benzene rings is 1. The molecule has 7 nitrogen and oxygen atoms in total. The molecule has 0 aromatic heterocycles. The molecule has 3 N–H and O–H groups in total. The minimum absolute atomic E-state index is 0.210. The third-order valence-electron chi connectivity index (χ3n) is 2.47. The van der Waals surface area contributed by atoms with Gasteiger partial charge in [0.15, 0.2) is 0 Å². The largest absolute Gasteiger partial charge is 0.481 e. The van der Waals surface area contributed by atoms with Crippen molar-refractivity contribution in [2.75, 3.05) is 11.9 Å². The van der Waals surface area contributed by atoms with Gasteiger partial charge in [-0.1, -0.05) is 6.07 Å². The Hall–Kier alpha value is -2.64. The van der Waals surface area contributed by atoms with E-state index in [1.165, 1.54) is 25.2 Å². The average molecular weight is 284 g/mol. The summed E-state index contributed by atoms with van der Waals surface area (Å²) < 4.78 is 13.0. The van der Waals surface area contributed by atoms with Crippen LogP contribution in [0.4, 0.5) is 14.9 Å². The zero-order valence-electron chi connectivity index (χ0n) is 10.5. The highest BCUT2D eigenvalue weighted by Crippen LogP contribution is 2.14. The number of hydrogen-bond acceptors (Lipinski definition) is 3. The molecule has 0 radical (unpaired) electrons. The number of nitrogens with one attached hydrogen (secondary N) is 1. The molecule has 8 heteroatoms. The van der Waals surface area contributed by atoms with Crippen LogP contribution >= 0.6 is 0 Å². The van der Waals surface area contributed by atoms with Gasteiger partial charge < -0.3 is 15.5 Å². The molecule has 0 unspecified atom stereocenters. The van der Waals surface area contributed by atoms with Crippen molar-refractivity contribution >= 4 is 23.7 Å². The number of rotatable bonds is 5. The second-order valence-electron chi connectivity index (χ2n) is 3.98. The highest BCUT2D eigenvalue weighted by molar-refractivity contribution is 5.94. The zero-order chi connectivity index (χ0) is 15.3. The first-order valence-electron chi connectivity index (χ1n) is 5.55. The van der Waals surface area contributed by atoms with Crippen LogP contribution in [0, 0.1) is 5.82 Å². The van der Waals surface area contributed by atoms with Crippen molar-refractivity contribution in [3.63, 3.8) is 0 Å². The number of urea groups is 1. The molecule has 0 bridgehead atoms. The number of aliphatic carboxylic acids is 2. The first-order chi connectivity index (χ1) is 9.31. The van der Waals surface area contributed by atoms with Gasteiger partial charge in [-0.15, -0.1) is 0 Å². The van der Waals surface area contributed by atoms with Crippen LogP contribution in [0.2, 0.25) is 0 Å². The monoisotopic (exact) mass is 284 g/mol. The van der Waals surface area contributed by atoms with Gasteiger partial charge in [0.25, 0.3) is 0 Å². The van der Waals surface area contributed by atoms with Crippen LogP contribution in [0.15, 0.2) is 24.3 Å². The quantitative estimate of drug-likeness (QED) is 0.744. The fourth-order valence-corrected chi connectivity index (χ4v) is 1.42. The van der Waals surface area contributed by atoms with E-state index in [2.05, 4.69) is 0 Å². The van der Waals surface area contributed by atoms with Gasteiger partial charge in [-0.05, 0) is 18.2 Å². The SMILES string of the molecule is CN(C(=O)N[C@@H](CC(=O)O)C(=O)O)c1cccc(F)c1. The fourth-order valence-electron chi connectivity index (χ4n) is 1.42. The third kappa shape index (κ3) is 4.23. The number of halogens is 1. The van der Waals surface area contributed by atoms with Gasteiger partial charge in [0, 0.05) is 12.7 Å². The van der Waals surface area contributed by atoms with E-state index < -0.39 is 36.2 Å². The Morgan fingerprint density at radius 1 is 1.35 bits per heavy atom. The summed E-state index contributed by atoms with van der Waals surface area (Å²) in [6, 6.07) is 2.72. The number of nitrogens with zero attached hydrogens (tertiary/aromatic N) is 1. The smallest absolute Gasteiger partial charge is 0.326 e. The average Bonchev–Trinajstić information content (AvgIpc) is 2.36. The number of hydrogen-bond donors (Lipinski definition) is 3. The van der Waals surface area contributed by atoms with Crippen molar-refractivity contribution in [3.05, 3.63) is 30.1 Å². The molecule has 0 heterocycles. The molecule has 1 atom stereocenters. The Morgan fingerprint density at radius 2 is 2.00 bits per heavy atom. The standard InChI is InChI=1S/C12H13FN2O5/c1-15(8-4-2-3-7(13)5-8)12(20)14-9(11(18)19)6-10(16)17/h2-5,9H,6H2,1H3,(H,14,20)(H,16,17)(H,18,19)/t9-/m0/s1. The van der Waals surface area contributed by atoms with Gasteiger partial charge in [-0.3, -0.25) is 9.69 Å². The lowest BCUT2D eigenvalue weighted by Crippen LogP contribution is -2.47. The minimum Gasteiger partial charge on any atom is -0.481 e. The lowest BCUT2D eigenvalue weighted by atomic mass is 10.2. The Kier molecular flexibility index (Phi) is 5.01. The van der Waals surface area contributed by atoms with E-state index in [0.29, 0.717) is 0 Å². The maximum Gasteiger partial charge on any atom is 0.326 e. The van der Waals surface area contributed by atoms with E-state index >= 15 is 0 Å². The summed E-state index contributed by atoms with van der Waals surface area (Å²) in [6.07, 6.45) is -0.752. The lowest BCUT2D eigenvalue weighted by molar-refractivity contribution is -0.145. The topological polar surface area (TPSA) is 107 Å². The molecule has 0 aliphatic rings. The van der Waals surface area contributed by atoms with Crippen LogP contribution in [-0.4, -0.2) is 41.3 Å². The summed E-state index contributed by atoms with van der Waals surface area (Å²) >= 11 is 0. The summed E-state index contributed by atoms with van der Waals surface area (Å²) in [5.41, 5.74) is 0.210. The summed E-state index contributed by atoms with van der Waals surface area (Å²) in [4.78, 5) is 34.1. The highest BCUT2D eigenvalue weighted by atomic mass is 19.1. The molecule has 0 spiro atoms. The van der Waals surface area contributed by atoms with Crippen molar-refractivity contribution in [1.82, 2.24) is 5.32 Å². The van der Waals surface area contributed by atoms with Gasteiger partial charge in [0.2, 0.25) is 0 Å². The molecule has 0 fully saturated rings. The number of amides is 2. The van der Waals surface area contributed by atoms with Crippen molar-refractivity contribution in [1.29, 1.82) is 0 Å². The summed E-state index contributed by atoms with van der Waals surface area (Å²) in [5, 5.41) is 19.4. The predicted molar refractivity (Wildman–Crippen MR) is 67.0 cm³/mol. The Morgan fingerprint density at radius 3 is 2.50 bits per heavy atom. The molecule has 0 saturated carbocycles. The molecule has 1 aromatic carbocycles. The third-order valence-corrected chi connectivity index (χ3v) is 2.47. The number of carbonyl (C=O) groups excluding carboxylic acids is 1. The molecule has 2 amide bonds. The van der Waals surface area contributed by atoms with Crippen LogP contribution in [0.1, 0.15) is 6.42 Å². The molecule has 1 aromatic rings. The second-order valence-corrected chi connectivity index (χ2v) is 3.98. The molecular formula is C12H13FN2O5. The minimum atomic E-state index is -1.56. The zero-order valence-corrected chi connectivity index (χ0v) is 10.5. The number of carboxylic acid groups (broad SMARTS) is 2. The molecular weight excluding hydrogens is 271 g/mol. The molecule has 0 aliphatic heterocycles. The van der Waals surface area contributed by atoms with Crippen molar-refractivity contribution < 1.29 is 29.0 Å². The van der Waals surface area contributed by atoms with Gasteiger partial charge in [0.1, 0.15) is 11.9 Å². The van der Waals surface area contributed by atoms with Crippen LogP contribution in [0.25, 0.3) is 0 Å². The molecule has 1 rings (SSSR count). The second kappa shape index (κ2) is 6.50. The first-order valence-corrected chi connectivity index (χ1v) is 5.55.